The van der Waals surface area contributed by atoms with Crippen molar-refractivity contribution in [2.45, 2.75) is 66.0 Å². The summed E-state index contributed by atoms with van der Waals surface area (Å²) < 4.78 is 0. The van der Waals surface area contributed by atoms with Crippen LogP contribution in [0.2, 0.25) is 0 Å². The van der Waals surface area contributed by atoms with E-state index in [-0.39, 0.29) is 16.7 Å². The van der Waals surface area contributed by atoms with E-state index < -0.39 is 5.54 Å². The maximum atomic E-state index is 13.2. The second-order valence-electron chi connectivity index (χ2n) is 8.82. The van der Waals surface area contributed by atoms with E-state index in [1.807, 2.05) is 46.0 Å². The third-order valence-corrected chi connectivity index (χ3v) is 4.05. The summed E-state index contributed by atoms with van der Waals surface area (Å²) in [5, 5.41) is 4.77. The van der Waals surface area contributed by atoms with Crippen LogP contribution in [-0.2, 0) is 11.2 Å². The number of ketones is 1. The summed E-state index contributed by atoms with van der Waals surface area (Å²) in [5.74, 6) is 0.241. The quantitative estimate of drug-likeness (QED) is 0.874. The lowest BCUT2D eigenvalue weighted by molar-refractivity contribution is -0.133. The average Bonchev–Trinajstić information content (AvgIpc) is 2.78. The number of para-hydroxylation sites is 1. The summed E-state index contributed by atoms with van der Waals surface area (Å²) in [6, 6.07) is 8.24. The SMILES string of the molecule is CC(C)(C)N[C@@](C)(Cc1c[nH]c2ccccc12)C(=O)C(C)(C)C. The molecule has 0 fully saturated rings. The summed E-state index contributed by atoms with van der Waals surface area (Å²) in [5.41, 5.74) is 1.16. The largest absolute Gasteiger partial charge is 0.361 e. The Morgan fingerprint density at radius 1 is 1.04 bits per heavy atom. The molecule has 0 aliphatic rings. The van der Waals surface area contributed by atoms with Crippen molar-refractivity contribution in [3.8, 4) is 0 Å². The number of carbonyl (C=O) groups excluding carboxylic acids is 1. The maximum Gasteiger partial charge on any atom is 0.158 e. The van der Waals surface area contributed by atoms with Gasteiger partial charge in [-0.15, -0.1) is 0 Å². The number of hydrogen-bond acceptors (Lipinski definition) is 2. The molecular weight excluding hydrogens is 284 g/mol. The van der Waals surface area contributed by atoms with Crippen molar-refractivity contribution in [3.63, 3.8) is 0 Å². The van der Waals surface area contributed by atoms with Crippen molar-refractivity contribution in [3.05, 3.63) is 36.0 Å². The van der Waals surface area contributed by atoms with Gasteiger partial charge in [-0.3, -0.25) is 4.79 Å². The molecule has 2 N–H and O–H groups in total. The number of nitrogens with one attached hydrogen (secondary N) is 2. The molecule has 1 heterocycles. The lowest BCUT2D eigenvalue weighted by Crippen LogP contribution is -2.61. The van der Waals surface area contributed by atoms with Gasteiger partial charge in [-0.25, -0.2) is 0 Å². The molecule has 3 nitrogen and oxygen atoms in total. The van der Waals surface area contributed by atoms with Crippen LogP contribution in [0.3, 0.4) is 0 Å². The number of fused-ring (bicyclic) bond motifs is 1. The van der Waals surface area contributed by atoms with Crippen LogP contribution in [0.15, 0.2) is 30.5 Å². The molecule has 1 atom stereocenters. The van der Waals surface area contributed by atoms with Gasteiger partial charge in [0.1, 0.15) is 0 Å². The third-order valence-electron chi connectivity index (χ3n) is 4.05. The maximum absolute atomic E-state index is 13.2. The minimum absolute atomic E-state index is 0.137. The number of benzene rings is 1. The topological polar surface area (TPSA) is 44.9 Å². The number of hydrogen-bond donors (Lipinski definition) is 2. The molecule has 0 unspecified atom stereocenters. The Morgan fingerprint density at radius 3 is 2.22 bits per heavy atom. The van der Waals surface area contributed by atoms with Gasteiger partial charge in [-0.2, -0.15) is 0 Å². The summed E-state index contributed by atoms with van der Waals surface area (Å²) in [6.45, 7) is 14.3. The molecule has 1 aromatic heterocycles. The highest BCUT2D eigenvalue weighted by Crippen LogP contribution is 2.30. The smallest absolute Gasteiger partial charge is 0.158 e. The summed E-state index contributed by atoms with van der Waals surface area (Å²) in [6.07, 6.45) is 2.70. The zero-order valence-electron chi connectivity index (χ0n) is 15.5. The fourth-order valence-electron chi connectivity index (χ4n) is 3.50. The molecule has 0 aliphatic carbocycles. The molecule has 3 heteroatoms. The lowest BCUT2D eigenvalue weighted by Gasteiger charge is -2.40. The zero-order chi connectivity index (χ0) is 17.5. The highest BCUT2D eigenvalue weighted by molar-refractivity contribution is 5.93. The van der Waals surface area contributed by atoms with Crippen LogP contribution >= 0.6 is 0 Å². The first-order chi connectivity index (χ1) is 10.4. The summed E-state index contributed by atoms with van der Waals surface area (Å²) in [7, 11) is 0. The predicted octanol–water partition coefficient (Wildman–Crippen LogP) is 4.47. The van der Waals surface area contributed by atoms with E-state index in [1.165, 1.54) is 10.9 Å². The molecule has 126 valence electrons. The van der Waals surface area contributed by atoms with E-state index in [2.05, 4.69) is 43.2 Å². The second kappa shape index (κ2) is 5.79. The van der Waals surface area contributed by atoms with Gasteiger partial charge < -0.3 is 10.3 Å². The van der Waals surface area contributed by atoms with Gasteiger partial charge in [0.15, 0.2) is 5.78 Å². The number of aromatic nitrogens is 1. The lowest BCUT2D eigenvalue weighted by atomic mass is 9.75. The van der Waals surface area contributed by atoms with E-state index >= 15 is 0 Å². The molecule has 0 saturated carbocycles. The van der Waals surface area contributed by atoms with Crippen LogP contribution in [0.5, 0.6) is 0 Å². The van der Waals surface area contributed by atoms with Crippen LogP contribution in [0.4, 0.5) is 0 Å². The van der Waals surface area contributed by atoms with Gasteiger partial charge in [0.05, 0.1) is 5.54 Å². The van der Waals surface area contributed by atoms with Crippen molar-refractivity contribution in [2.75, 3.05) is 0 Å². The van der Waals surface area contributed by atoms with E-state index in [1.54, 1.807) is 0 Å². The van der Waals surface area contributed by atoms with Crippen LogP contribution in [0.25, 0.3) is 10.9 Å². The number of Topliss-reactive ketones (excluding diaryl/α,β-unsaturated/α-hetero) is 1. The molecule has 0 amide bonds. The van der Waals surface area contributed by atoms with Gasteiger partial charge in [0.25, 0.3) is 0 Å². The summed E-state index contributed by atoms with van der Waals surface area (Å²) in [4.78, 5) is 16.5. The van der Waals surface area contributed by atoms with Crippen molar-refractivity contribution in [1.29, 1.82) is 0 Å². The van der Waals surface area contributed by atoms with E-state index in [9.17, 15) is 4.79 Å². The standard InChI is InChI=1S/C20H30N2O/c1-18(2,3)17(23)20(7,22-19(4,5)6)12-14-13-21-16-11-9-8-10-15(14)16/h8-11,13,21-22H,12H2,1-7H3/t20-/m0/s1. The van der Waals surface area contributed by atoms with E-state index in [0.717, 1.165) is 5.52 Å². The average molecular weight is 314 g/mol. The predicted molar refractivity (Wildman–Crippen MR) is 97.8 cm³/mol. The highest BCUT2D eigenvalue weighted by Gasteiger charge is 2.42. The number of carbonyl (C=O) groups is 1. The van der Waals surface area contributed by atoms with E-state index in [0.29, 0.717) is 6.42 Å². The first kappa shape index (κ1) is 17.7. The van der Waals surface area contributed by atoms with Gasteiger partial charge >= 0.3 is 0 Å². The van der Waals surface area contributed by atoms with Crippen molar-refractivity contribution >= 4 is 16.7 Å². The molecule has 2 rings (SSSR count). The number of rotatable bonds is 4. The van der Waals surface area contributed by atoms with Crippen molar-refractivity contribution in [2.24, 2.45) is 5.41 Å². The Hall–Kier alpha value is -1.61. The molecule has 0 radical (unpaired) electrons. The molecule has 0 bridgehead atoms. The second-order valence-corrected chi connectivity index (χ2v) is 8.82. The Labute approximate surface area is 139 Å². The Balaban J connectivity index is 2.44. The molecule has 0 saturated heterocycles. The van der Waals surface area contributed by atoms with Crippen molar-refractivity contribution < 1.29 is 4.79 Å². The third kappa shape index (κ3) is 4.03. The molecule has 2 aromatic rings. The van der Waals surface area contributed by atoms with Gasteiger partial charge in [-0.05, 0) is 45.7 Å². The minimum Gasteiger partial charge on any atom is -0.361 e. The first-order valence-corrected chi connectivity index (χ1v) is 8.32. The van der Waals surface area contributed by atoms with Crippen LogP contribution in [0, 0.1) is 5.41 Å². The molecule has 1 aromatic carbocycles. The van der Waals surface area contributed by atoms with Crippen LogP contribution < -0.4 is 5.32 Å². The molecule has 23 heavy (non-hydrogen) atoms. The Morgan fingerprint density at radius 2 is 1.65 bits per heavy atom. The van der Waals surface area contributed by atoms with Gasteiger partial charge in [0.2, 0.25) is 0 Å². The Kier molecular flexibility index (Phi) is 4.46. The van der Waals surface area contributed by atoms with E-state index in [4.69, 9.17) is 0 Å². The minimum atomic E-state index is -0.610. The molecular formula is C20H30N2O. The zero-order valence-corrected chi connectivity index (χ0v) is 15.5. The molecule has 0 spiro atoms. The van der Waals surface area contributed by atoms with Crippen LogP contribution in [-0.4, -0.2) is 21.8 Å². The van der Waals surface area contributed by atoms with Crippen LogP contribution in [0.1, 0.15) is 54.0 Å². The van der Waals surface area contributed by atoms with Crippen molar-refractivity contribution in [1.82, 2.24) is 10.3 Å². The van der Waals surface area contributed by atoms with Gasteiger partial charge in [0, 0.05) is 28.1 Å². The monoisotopic (exact) mass is 314 g/mol. The number of H-pyrrole nitrogens is 1. The van der Waals surface area contributed by atoms with Gasteiger partial charge in [-0.1, -0.05) is 39.0 Å². The fraction of sp³-hybridized carbons (Fsp3) is 0.550. The highest BCUT2D eigenvalue weighted by atomic mass is 16.1. The normalized spacial score (nSPS) is 15.6. The Bertz CT molecular complexity index is 700. The first-order valence-electron chi connectivity index (χ1n) is 8.32. The molecule has 0 aliphatic heterocycles. The fourth-order valence-corrected chi connectivity index (χ4v) is 3.50. The summed E-state index contributed by atoms with van der Waals surface area (Å²) >= 11 is 0. The number of aromatic amines is 1.